The summed E-state index contributed by atoms with van der Waals surface area (Å²) in [5, 5.41) is 10.8. The molecule has 0 saturated heterocycles. The third-order valence-corrected chi connectivity index (χ3v) is 4.18. The molecule has 0 fully saturated rings. The van der Waals surface area contributed by atoms with Gasteiger partial charge in [-0.15, -0.1) is 0 Å². The van der Waals surface area contributed by atoms with E-state index in [1.807, 2.05) is 19.9 Å². The minimum absolute atomic E-state index is 0.00582. The largest absolute Gasteiger partial charge is 0.426 e. The highest BCUT2D eigenvalue weighted by Crippen LogP contribution is 2.34. The zero-order valence-corrected chi connectivity index (χ0v) is 13.2. The first-order valence-electron chi connectivity index (χ1n) is 7.55. The van der Waals surface area contributed by atoms with Gasteiger partial charge in [-0.3, -0.25) is 14.9 Å². The van der Waals surface area contributed by atoms with Crippen molar-refractivity contribution >= 4 is 11.7 Å². The second-order valence-electron chi connectivity index (χ2n) is 5.30. The molecule has 2 rings (SSSR count). The summed E-state index contributed by atoms with van der Waals surface area (Å²) in [5.41, 5.74) is -0.0781. The number of carbonyl (C=O) groups is 1. The Kier molecular flexibility index (Phi) is 5.11. The van der Waals surface area contributed by atoms with Gasteiger partial charge < -0.3 is 4.74 Å². The third kappa shape index (κ3) is 3.39. The Balaban J connectivity index is 2.34. The Morgan fingerprint density at radius 2 is 1.61 bits per heavy atom. The number of nitrogens with zero attached hydrogens (tertiary/aromatic N) is 1. The number of esters is 1. The van der Waals surface area contributed by atoms with Gasteiger partial charge in [0, 0.05) is 12.1 Å². The SMILES string of the molecule is CCC(CC)(C(=O)Oc1ccccc1)c1ccc([N+](=O)[O-])cc1. The van der Waals surface area contributed by atoms with Crippen LogP contribution in [-0.2, 0) is 10.2 Å². The number of rotatable bonds is 6. The molecule has 0 aliphatic rings. The van der Waals surface area contributed by atoms with Gasteiger partial charge in [-0.25, -0.2) is 0 Å². The number of hydrogen-bond acceptors (Lipinski definition) is 4. The summed E-state index contributed by atoms with van der Waals surface area (Å²) >= 11 is 0. The van der Waals surface area contributed by atoms with Gasteiger partial charge in [0.1, 0.15) is 5.75 Å². The maximum Gasteiger partial charge on any atom is 0.321 e. The van der Waals surface area contributed by atoms with Crippen molar-refractivity contribution in [3.05, 3.63) is 70.3 Å². The zero-order valence-electron chi connectivity index (χ0n) is 13.2. The van der Waals surface area contributed by atoms with Crippen molar-refractivity contribution in [1.29, 1.82) is 0 Å². The van der Waals surface area contributed by atoms with Crippen LogP contribution in [0.5, 0.6) is 5.75 Å². The number of nitro benzene ring substituents is 1. The fourth-order valence-electron chi connectivity index (χ4n) is 2.66. The van der Waals surface area contributed by atoms with Crippen LogP contribution in [0.1, 0.15) is 32.3 Å². The van der Waals surface area contributed by atoms with E-state index in [1.165, 1.54) is 12.1 Å². The van der Waals surface area contributed by atoms with Crippen molar-refractivity contribution < 1.29 is 14.5 Å². The molecule has 0 amide bonds. The highest BCUT2D eigenvalue weighted by atomic mass is 16.6. The molecular weight excluding hydrogens is 294 g/mol. The van der Waals surface area contributed by atoms with E-state index in [4.69, 9.17) is 4.74 Å². The van der Waals surface area contributed by atoms with E-state index in [2.05, 4.69) is 0 Å². The van der Waals surface area contributed by atoms with E-state index in [1.54, 1.807) is 36.4 Å². The predicted molar refractivity (Wildman–Crippen MR) is 87.4 cm³/mol. The monoisotopic (exact) mass is 313 g/mol. The van der Waals surface area contributed by atoms with Crippen LogP contribution in [0.15, 0.2) is 54.6 Å². The fraction of sp³-hybridized carbons (Fsp3) is 0.278. The minimum atomic E-state index is -0.815. The van der Waals surface area contributed by atoms with Gasteiger partial charge in [0.05, 0.1) is 10.3 Å². The molecule has 0 aliphatic heterocycles. The highest BCUT2D eigenvalue weighted by Gasteiger charge is 2.39. The minimum Gasteiger partial charge on any atom is -0.426 e. The standard InChI is InChI=1S/C18H19NO4/c1-3-18(4-2,14-10-12-15(13-11-14)19(21)22)17(20)23-16-8-6-5-7-9-16/h5-13H,3-4H2,1-2H3. The van der Waals surface area contributed by atoms with Crippen molar-refractivity contribution in [2.75, 3.05) is 0 Å². The molecule has 0 aliphatic carbocycles. The van der Waals surface area contributed by atoms with E-state index in [0.717, 1.165) is 5.56 Å². The van der Waals surface area contributed by atoms with Gasteiger partial charge >= 0.3 is 5.97 Å². The number of carbonyl (C=O) groups excluding carboxylic acids is 1. The lowest BCUT2D eigenvalue weighted by Crippen LogP contribution is -2.38. The molecule has 0 aromatic heterocycles. The van der Waals surface area contributed by atoms with Crippen LogP contribution in [0.25, 0.3) is 0 Å². The van der Waals surface area contributed by atoms with Gasteiger partial charge in [-0.2, -0.15) is 0 Å². The third-order valence-electron chi connectivity index (χ3n) is 4.18. The Hall–Kier alpha value is -2.69. The molecule has 2 aromatic rings. The molecule has 5 heteroatoms. The molecule has 0 radical (unpaired) electrons. The predicted octanol–water partition coefficient (Wildman–Crippen LogP) is 4.26. The molecule has 5 nitrogen and oxygen atoms in total. The number of non-ortho nitro benzene ring substituents is 1. The Bertz CT molecular complexity index is 676. The average molecular weight is 313 g/mol. The van der Waals surface area contributed by atoms with Crippen molar-refractivity contribution in [2.45, 2.75) is 32.1 Å². The van der Waals surface area contributed by atoms with Gasteiger partial charge in [0.2, 0.25) is 0 Å². The molecule has 0 heterocycles. The Labute approximate surface area is 135 Å². The summed E-state index contributed by atoms with van der Waals surface area (Å²) in [5.74, 6) is 0.147. The summed E-state index contributed by atoms with van der Waals surface area (Å²) in [6, 6.07) is 15.0. The maximum absolute atomic E-state index is 12.8. The second-order valence-corrected chi connectivity index (χ2v) is 5.30. The smallest absolute Gasteiger partial charge is 0.321 e. The Morgan fingerprint density at radius 1 is 1.04 bits per heavy atom. The fourth-order valence-corrected chi connectivity index (χ4v) is 2.66. The van der Waals surface area contributed by atoms with Crippen LogP contribution >= 0.6 is 0 Å². The molecule has 120 valence electrons. The summed E-state index contributed by atoms with van der Waals surface area (Å²) in [6.07, 6.45) is 1.10. The first-order chi connectivity index (χ1) is 11.0. The van der Waals surface area contributed by atoms with Crippen molar-refractivity contribution in [3.63, 3.8) is 0 Å². The van der Waals surface area contributed by atoms with Crippen molar-refractivity contribution in [2.24, 2.45) is 0 Å². The van der Waals surface area contributed by atoms with Crippen LogP contribution in [-0.4, -0.2) is 10.9 Å². The number of hydrogen-bond donors (Lipinski definition) is 0. The Morgan fingerprint density at radius 3 is 2.09 bits per heavy atom. The van der Waals surface area contributed by atoms with Gasteiger partial charge in [0.25, 0.3) is 5.69 Å². The second kappa shape index (κ2) is 7.05. The molecule has 23 heavy (non-hydrogen) atoms. The van der Waals surface area contributed by atoms with Gasteiger partial charge in [-0.1, -0.05) is 44.2 Å². The van der Waals surface area contributed by atoms with Gasteiger partial charge in [0.15, 0.2) is 0 Å². The van der Waals surface area contributed by atoms with Crippen LogP contribution < -0.4 is 4.74 Å². The molecule has 0 unspecified atom stereocenters. The first kappa shape index (κ1) is 16.7. The normalized spacial score (nSPS) is 11.0. The van der Waals surface area contributed by atoms with Crippen LogP contribution in [0.2, 0.25) is 0 Å². The molecule has 0 atom stereocenters. The lowest BCUT2D eigenvalue weighted by molar-refractivity contribution is -0.384. The van der Waals surface area contributed by atoms with Crippen LogP contribution in [0.3, 0.4) is 0 Å². The summed E-state index contributed by atoms with van der Waals surface area (Å²) in [6.45, 7) is 3.83. The van der Waals surface area contributed by atoms with E-state index in [0.29, 0.717) is 18.6 Å². The number of ether oxygens (including phenoxy) is 1. The van der Waals surface area contributed by atoms with Crippen molar-refractivity contribution in [3.8, 4) is 5.75 Å². The van der Waals surface area contributed by atoms with Crippen LogP contribution in [0.4, 0.5) is 5.69 Å². The van der Waals surface area contributed by atoms with Crippen LogP contribution in [0, 0.1) is 10.1 Å². The quantitative estimate of drug-likeness (QED) is 0.346. The zero-order chi connectivity index (χ0) is 16.9. The molecule has 0 spiro atoms. The molecule has 0 bridgehead atoms. The number of para-hydroxylation sites is 1. The van der Waals surface area contributed by atoms with E-state index in [9.17, 15) is 14.9 Å². The summed E-state index contributed by atoms with van der Waals surface area (Å²) in [7, 11) is 0. The molecule has 2 aromatic carbocycles. The molecular formula is C18H19NO4. The maximum atomic E-state index is 12.8. The van der Waals surface area contributed by atoms with E-state index < -0.39 is 10.3 Å². The lowest BCUT2D eigenvalue weighted by Gasteiger charge is -2.29. The topological polar surface area (TPSA) is 69.4 Å². The summed E-state index contributed by atoms with van der Waals surface area (Å²) in [4.78, 5) is 23.1. The summed E-state index contributed by atoms with van der Waals surface area (Å²) < 4.78 is 5.52. The highest BCUT2D eigenvalue weighted by molar-refractivity contribution is 5.85. The van der Waals surface area contributed by atoms with Crippen molar-refractivity contribution in [1.82, 2.24) is 0 Å². The number of nitro groups is 1. The first-order valence-corrected chi connectivity index (χ1v) is 7.55. The van der Waals surface area contributed by atoms with E-state index in [-0.39, 0.29) is 11.7 Å². The molecule has 0 saturated carbocycles. The average Bonchev–Trinajstić information content (AvgIpc) is 2.58. The lowest BCUT2D eigenvalue weighted by atomic mass is 9.76. The van der Waals surface area contributed by atoms with Gasteiger partial charge in [-0.05, 0) is 30.5 Å². The van der Waals surface area contributed by atoms with E-state index >= 15 is 0 Å². The molecule has 0 N–H and O–H groups in total. The number of benzene rings is 2.